The number of nitrogens with one attached hydrogen (secondary N) is 1. The van der Waals surface area contributed by atoms with Gasteiger partial charge in [-0.2, -0.15) is 4.31 Å². The maximum absolute atomic E-state index is 12.8. The monoisotopic (exact) mass is 422 g/mol. The predicted molar refractivity (Wildman–Crippen MR) is 104 cm³/mol. The van der Waals surface area contributed by atoms with Crippen molar-refractivity contribution in [3.05, 3.63) is 57.9 Å². The van der Waals surface area contributed by atoms with Gasteiger partial charge in [0, 0.05) is 38.5 Å². The van der Waals surface area contributed by atoms with Crippen LogP contribution in [0.15, 0.2) is 41.4 Å². The molecule has 1 aliphatic rings. The Morgan fingerprint density at radius 2 is 2.00 bits per heavy atom. The molecule has 3 rings (SSSR count). The third-order valence-electron chi connectivity index (χ3n) is 4.96. The van der Waals surface area contributed by atoms with Crippen LogP contribution in [0, 0.1) is 10.1 Å². The molecule has 0 radical (unpaired) electrons. The van der Waals surface area contributed by atoms with Crippen molar-refractivity contribution in [1.82, 2.24) is 14.2 Å². The Bertz CT molecular complexity index is 1010. The fourth-order valence-electron chi connectivity index (χ4n) is 3.07. The number of sulfonamides is 1. The van der Waals surface area contributed by atoms with E-state index < -0.39 is 26.9 Å². The van der Waals surface area contributed by atoms with Crippen molar-refractivity contribution in [3.8, 4) is 0 Å². The number of hydrogen-bond donors (Lipinski definition) is 1. The number of aromatic amines is 1. The summed E-state index contributed by atoms with van der Waals surface area (Å²) in [7, 11) is -2.15. The van der Waals surface area contributed by atoms with Crippen LogP contribution in [-0.2, 0) is 14.8 Å². The number of non-ortho nitro benzene ring substituents is 1. The Balaban J connectivity index is 1.78. The quantitative estimate of drug-likeness (QED) is 0.559. The average Bonchev–Trinajstić information content (AvgIpc) is 3.24. The summed E-state index contributed by atoms with van der Waals surface area (Å²) in [4.78, 5) is 27.5. The number of ether oxygens (including phenoxy) is 1. The summed E-state index contributed by atoms with van der Waals surface area (Å²) < 4.78 is 31.9. The lowest BCUT2D eigenvalue weighted by atomic mass is 10.1. The molecule has 156 valence electrons. The van der Waals surface area contributed by atoms with E-state index in [0.29, 0.717) is 18.8 Å². The molecule has 0 bridgehead atoms. The summed E-state index contributed by atoms with van der Waals surface area (Å²) in [6.07, 6.45) is 1.30. The van der Waals surface area contributed by atoms with E-state index >= 15 is 0 Å². The number of H-pyrrole nitrogens is 1. The van der Waals surface area contributed by atoms with E-state index in [4.69, 9.17) is 4.74 Å². The number of amides is 1. The molecule has 1 N–H and O–H groups in total. The average molecular weight is 422 g/mol. The van der Waals surface area contributed by atoms with Gasteiger partial charge in [-0.15, -0.1) is 0 Å². The molecule has 10 nitrogen and oxygen atoms in total. The van der Waals surface area contributed by atoms with Gasteiger partial charge in [-0.3, -0.25) is 14.9 Å². The predicted octanol–water partition coefficient (Wildman–Crippen LogP) is 1.78. The first-order chi connectivity index (χ1) is 13.7. The Labute approximate surface area is 168 Å². The molecule has 2 heterocycles. The third kappa shape index (κ3) is 4.31. The number of hydrogen-bond acceptors (Lipinski definition) is 6. The summed E-state index contributed by atoms with van der Waals surface area (Å²) in [5.74, 6) is -0.424. The fourth-order valence-corrected chi connectivity index (χ4v) is 4.47. The molecule has 1 amide bonds. The van der Waals surface area contributed by atoms with Crippen molar-refractivity contribution >= 4 is 21.6 Å². The van der Waals surface area contributed by atoms with E-state index in [2.05, 4.69) is 4.98 Å². The van der Waals surface area contributed by atoms with Gasteiger partial charge in [-0.05, 0) is 18.6 Å². The topological polar surface area (TPSA) is 126 Å². The maximum Gasteiger partial charge on any atom is 0.270 e. The largest absolute Gasteiger partial charge is 0.379 e. The maximum atomic E-state index is 12.8. The lowest BCUT2D eigenvalue weighted by Crippen LogP contribution is -2.40. The second kappa shape index (κ2) is 8.31. The van der Waals surface area contributed by atoms with E-state index in [0.717, 1.165) is 0 Å². The van der Waals surface area contributed by atoms with Gasteiger partial charge < -0.3 is 14.6 Å². The number of benzene rings is 1. The molecule has 1 atom stereocenters. The molecule has 1 fully saturated rings. The Morgan fingerprint density at radius 3 is 2.66 bits per heavy atom. The van der Waals surface area contributed by atoms with Crippen molar-refractivity contribution in [2.75, 3.05) is 33.4 Å². The summed E-state index contributed by atoms with van der Waals surface area (Å²) in [5.41, 5.74) is 0.661. The highest BCUT2D eigenvalue weighted by Gasteiger charge is 2.29. The molecule has 2 aromatic rings. The van der Waals surface area contributed by atoms with E-state index in [9.17, 15) is 23.3 Å². The second-order valence-corrected chi connectivity index (χ2v) is 8.65. The van der Waals surface area contributed by atoms with Crippen LogP contribution in [0.4, 0.5) is 5.69 Å². The number of carbonyl (C=O) groups excluding carboxylic acids is 1. The van der Waals surface area contributed by atoms with Gasteiger partial charge in [0.25, 0.3) is 11.6 Å². The first-order valence-electron chi connectivity index (χ1n) is 8.99. The molecule has 1 aliphatic heterocycles. The van der Waals surface area contributed by atoms with Gasteiger partial charge in [-0.25, -0.2) is 8.42 Å². The number of nitro benzene ring substituents is 1. The number of nitrogens with zero attached hydrogens (tertiary/aromatic N) is 3. The van der Waals surface area contributed by atoms with Crippen molar-refractivity contribution in [2.24, 2.45) is 0 Å². The second-order valence-electron chi connectivity index (χ2n) is 6.71. The van der Waals surface area contributed by atoms with Crippen LogP contribution < -0.4 is 0 Å². The normalized spacial score (nSPS) is 16.3. The summed E-state index contributed by atoms with van der Waals surface area (Å²) in [5, 5.41) is 11.0. The highest BCUT2D eigenvalue weighted by atomic mass is 32.2. The smallest absolute Gasteiger partial charge is 0.270 e. The van der Waals surface area contributed by atoms with Crippen LogP contribution in [-0.4, -0.2) is 66.8 Å². The van der Waals surface area contributed by atoms with Crippen molar-refractivity contribution in [1.29, 1.82) is 0 Å². The summed E-state index contributed by atoms with van der Waals surface area (Å²) in [6, 6.07) is 6.91. The van der Waals surface area contributed by atoms with Crippen LogP contribution in [0.1, 0.15) is 29.0 Å². The highest BCUT2D eigenvalue weighted by Crippen LogP contribution is 2.25. The first kappa shape index (κ1) is 21.0. The molecule has 0 saturated carbocycles. The molecule has 0 spiro atoms. The summed E-state index contributed by atoms with van der Waals surface area (Å²) >= 11 is 0. The highest BCUT2D eigenvalue weighted by molar-refractivity contribution is 7.89. The zero-order chi connectivity index (χ0) is 21.2. The van der Waals surface area contributed by atoms with E-state index in [1.165, 1.54) is 33.6 Å². The Hall–Kier alpha value is -2.76. The number of rotatable bonds is 6. The standard InChI is InChI=1S/C18H22N4O6S/c1-13(14-4-3-5-15(10-14)22(24)25)20(2)18(23)17-11-16(12-19-17)29(26,27)21-6-8-28-9-7-21/h3-5,10-13,19H,6-9H2,1-2H3. The molecule has 1 unspecified atom stereocenters. The van der Waals surface area contributed by atoms with Crippen molar-refractivity contribution in [3.63, 3.8) is 0 Å². The lowest BCUT2D eigenvalue weighted by molar-refractivity contribution is -0.384. The van der Waals surface area contributed by atoms with Crippen LogP contribution in [0.5, 0.6) is 0 Å². The van der Waals surface area contributed by atoms with Gasteiger partial charge in [-0.1, -0.05) is 12.1 Å². The number of morpholine rings is 1. The van der Waals surface area contributed by atoms with Crippen molar-refractivity contribution < 1.29 is 22.9 Å². The molecule has 11 heteroatoms. The third-order valence-corrected chi connectivity index (χ3v) is 6.84. The van der Waals surface area contributed by atoms with Gasteiger partial charge in [0.2, 0.25) is 10.0 Å². The number of carbonyl (C=O) groups is 1. The molecular formula is C18H22N4O6S. The van der Waals surface area contributed by atoms with Crippen molar-refractivity contribution in [2.45, 2.75) is 17.9 Å². The molecule has 29 heavy (non-hydrogen) atoms. The number of aromatic nitrogens is 1. The van der Waals surface area contributed by atoms with Crippen LogP contribution in [0.3, 0.4) is 0 Å². The molecule has 1 aromatic heterocycles. The van der Waals surface area contributed by atoms with Gasteiger partial charge in [0.1, 0.15) is 10.6 Å². The Morgan fingerprint density at radius 1 is 1.31 bits per heavy atom. The minimum atomic E-state index is -3.71. The molecule has 1 saturated heterocycles. The summed E-state index contributed by atoms with van der Waals surface area (Å²) in [6.45, 7) is 2.93. The minimum Gasteiger partial charge on any atom is -0.379 e. The Kier molecular flexibility index (Phi) is 6.01. The zero-order valence-electron chi connectivity index (χ0n) is 16.1. The molecule has 1 aromatic carbocycles. The van der Waals surface area contributed by atoms with Crippen LogP contribution in [0.25, 0.3) is 0 Å². The lowest BCUT2D eigenvalue weighted by Gasteiger charge is -2.25. The van der Waals surface area contributed by atoms with Gasteiger partial charge in [0.05, 0.1) is 24.2 Å². The van der Waals surface area contributed by atoms with E-state index in [-0.39, 0.29) is 29.4 Å². The number of nitro groups is 1. The van der Waals surface area contributed by atoms with E-state index in [1.807, 2.05) is 0 Å². The molecule has 0 aliphatic carbocycles. The first-order valence-corrected chi connectivity index (χ1v) is 10.4. The zero-order valence-corrected chi connectivity index (χ0v) is 16.9. The van der Waals surface area contributed by atoms with Crippen LogP contribution >= 0.6 is 0 Å². The minimum absolute atomic E-state index is 0.0131. The van der Waals surface area contributed by atoms with Gasteiger partial charge >= 0.3 is 0 Å². The SMILES string of the molecule is CC(c1cccc([N+](=O)[O-])c1)N(C)C(=O)c1cc(S(=O)(=O)N2CCOCC2)c[nH]1. The van der Waals surface area contributed by atoms with E-state index in [1.54, 1.807) is 26.1 Å². The van der Waals surface area contributed by atoms with Gasteiger partial charge in [0.15, 0.2) is 0 Å². The fraction of sp³-hybridized carbons (Fsp3) is 0.389. The molecular weight excluding hydrogens is 400 g/mol. The van der Waals surface area contributed by atoms with Crippen LogP contribution in [0.2, 0.25) is 0 Å².